The van der Waals surface area contributed by atoms with Gasteiger partial charge >= 0.3 is 7.82 Å². The molecule has 0 aromatic carbocycles. The molecule has 8 heteroatoms. The Morgan fingerprint density at radius 1 is 0.586 bits per heavy atom. The largest absolute Gasteiger partial charge is 0.474 e. The van der Waals surface area contributed by atoms with Gasteiger partial charge in [-0.2, -0.15) is 0 Å². The van der Waals surface area contributed by atoms with Crippen molar-refractivity contribution >= 4 is 7.82 Å². The van der Waals surface area contributed by atoms with Gasteiger partial charge in [0.05, 0.1) is 39.6 Å². The van der Waals surface area contributed by atoms with Crippen molar-refractivity contribution in [1.29, 1.82) is 0 Å². The molecule has 0 spiro atoms. The Hall–Kier alpha value is -0.790. The number of hydrogen-bond donors (Lipinski definition) is 0. The van der Waals surface area contributed by atoms with Crippen molar-refractivity contribution in [2.45, 2.75) is 40.0 Å². The minimum atomic E-state index is -3.64. The lowest BCUT2D eigenvalue weighted by Gasteiger charge is -2.18. The molecule has 170 valence electrons. The molecule has 0 atom stereocenters. The fraction of sp³-hybridized carbons (Fsp3) is 0.714. The molecular weight excluding hydrogens is 395 g/mol. The highest BCUT2D eigenvalue weighted by molar-refractivity contribution is 7.48. The number of ether oxygens (including phenoxy) is 3. The molecule has 0 rings (SSSR count). The molecule has 29 heavy (non-hydrogen) atoms. The molecule has 0 bridgehead atoms. The van der Waals surface area contributed by atoms with E-state index in [-0.39, 0.29) is 19.8 Å². The summed E-state index contributed by atoms with van der Waals surface area (Å²) in [5.41, 5.74) is 2.85. The van der Waals surface area contributed by atoms with Crippen LogP contribution in [0.1, 0.15) is 40.0 Å². The van der Waals surface area contributed by atoms with Crippen LogP contribution in [0.25, 0.3) is 0 Å². The fourth-order valence-corrected chi connectivity index (χ4v) is 3.14. The lowest BCUT2D eigenvalue weighted by atomic mass is 10.4. The quantitative estimate of drug-likeness (QED) is 0.141. The maximum absolute atomic E-state index is 12.8. The molecule has 0 unspecified atom stereocenters. The van der Waals surface area contributed by atoms with Crippen molar-refractivity contribution in [2.24, 2.45) is 0 Å². The first-order valence-electron chi connectivity index (χ1n) is 9.95. The van der Waals surface area contributed by atoms with Crippen LogP contribution in [0.15, 0.2) is 36.5 Å². The smallest absolute Gasteiger partial charge is 0.377 e. The van der Waals surface area contributed by atoms with Crippen LogP contribution >= 0.6 is 7.82 Å². The predicted octanol–water partition coefficient (Wildman–Crippen LogP) is 5.09. The van der Waals surface area contributed by atoms with Crippen LogP contribution < -0.4 is 0 Å². The molecule has 0 radical (unpaired) electrons. The molecule has 0 N–H and O–H groups in total. The highest BCUT2D eigenvalue weighted by atomic mass is 31.2. The zero-order valence-corrected chi connectivity index (χ0v) is 19.3. The zero-order valence-electron chi connectivity index (χ0n) is 18.4. The average Bonchev–Trinajstić information content (AvgIpc) is 2.63. The van der Waals surface area contributed by atoms with Crippen molar-refractivity contribution in [1.82, 2.24) is 0 Å². The SMILES string of the molecule is C=C(C)COCCCOP(=O)(OCCCOCC(=C)C)OCCCOCC(=C)C. The molecule has 0 aliphatic heterocycles. The van der Waals surface area contributed by atoms with Gasteiger partial charge in [-0.3, -0.25) is 13.6 Å². The number of hydrogen-bond acceptors (Lipinski definition) is 7. The topological polar surface area (TPSA) is 72.5 Å². The molecule has 0 saturated carbocycles. The summed E-state index contributed by atoms with van der Waals surface area (Å²) in [5.74, 6) is 0. The molecule has 0 heterocycles. The van der Waals surface area contributed by atoms with Gasteiger partial charge in [0, 0.05) is 19.8 Å². The first-order valence-corrected chi connectivity index (χ1v) is 11.4. The summed E-state index contributed by atoms with van der Waals surface area (Å²) >= 11 is 0. The maximum Gasteiger partial charge on any atom is 0.474 e. The van der Waals surface area contributed by atoms with E-state index in [0.29, 0.717) is 58.9 Å². The second-order valence-corrected chi connectivity index (χ2v) is 8.71. The van der Waals surface area contributed by atoms with E-state index in [2.05, 4.69) is 19.7 Å². The lowest BCUT2D eigenvalue weighted by molar-refractivity contribution is 0.0771. The Morgan fingerprint density at radius 3 is 1.10 bits per heavy atom. The van der Waals surface area contributed by atoms with Crippen molar-refractivity contribution in [3.8, 4) is 0 Å². The van der Waals surface area contributed by atoms with Crippen LogP contribution in [0.4, 0.5) is 0 Å². The summed E-state index contributed by atoms with van der Waals surface area (Å²) in [5, 5.41) is 0. The Morgan fingerprint density at radius 2 is 0.862 bits per heavy atom. The van der Waals surface area contributed by atoms with Crippen molar-refractivity contribution in [3.63, 3.8) is 0 Å². The van der Waals surface area contributed by atoms with Crippen molar-refractivity contribution < 1.29 is 32.3 Å². The second kappa shape index (κ2) is 18.0. The minimum absolute atomic E-state index is 0.214. The van der Waals surface area contributed by atoms with Crippen molar-refractivity contribution in [2.75, 3.05) is 59.5 Å². The van der Waals surface area contributed by atoms with Gasteiger partial charge in [-0.15, -0.1) is 0 Å². The molecule has 7 nitrogen and oxygen atoms in total. The summed E-state index contributed by atoms with van der Waals surface area (Å²) in [7, 11) is -3.64. The molecule has 0 amide bonds. The third kappa shape index (κ3) is 20.3. The number of phosphoric acid groups is 1. The van der Waals surface area contributed by atoms with E-state index < -0.39 is 7.82 Å². The second-order valence-electron chi connectivity index (χ2n) is 7.04. The molecule has 0 aliphatic carbocycles. The molecule has 0 fully saturated rings. The van der Waals surface area contributed by atoms with Crippen LogP contribution in [-0.4, -0.2) is 59.5 Å². The highest BCUT2D eigenvalue weighted by Crippen LogP contribution is 2.49. The highest BCUT2D eigenvalue weighted by Gasteiger charge is 2.26. The Kier molecular flexibility index (Phi) is 17.5. The predicted molar refractivity (Wildman–Crippen MR) is 116 cm³/mol. The van der Waals surface area contributed by atoms with Crippen molar-refractivity contribution in [3.05, 3.63) is 36.5 Å². The summed E-state index contributed by atoms with van der Waals surface area (Å²) in [4.78, 5) is 0. The molecule has 0 aliphatic rings. The normalized spacial score (nSPS) is 11.6. The van der Waals surface area contributed by atoms with Gasteiger partial charge < -0.3 is 14.2 Å². The van der Waals surface area contributed by atoms with Crippen LogP contribution in [0.5, 0.6) is 0 Å². The van der Waals surface area contributed by atoms with E-state index in [1.54, 1.807) is 0 Å². The third-order valence-corrected chi connectivity index (χ3v) is 4.59. The average molecular weight is 435 g/mol. The molecule has 0 saturated heterocycles. The summed E-state index contributed by atoms with van der Waals surface area (Å²) < 4.78 is 45.3. The van der Waals surface area contributed by atoms with Gasteiger partial charge in [-0.25, -0.2) is 4.57 Å². The first kappa shape index (κ1) is 28.2. The van der Waals surface area contributed by atoms with Crippen LogP contribution in [0.3, 0.4) is 0 Å². The Bertz CT molecular complexity index is 448. The Labute approximate surface area is 176 Å². The fourth-order valence-electron chi connectivity index (χ4n) is 1.86. The summed E-state index contributed by atoms with van der Waals surface area (Å²) in [6, 6.07) is 0. The molecular formula is C21H39O7P. The van der Waals surface area contributed by atoms with Gasteiger partial charge in [-0.05, 0) is 40.0 Å². The number of phosphoric ester groups is 1. The van der Waals surface area contributed by atoms with E-state index in [0.717, 1.165) is 16.7 Å². The summed E-state index contributed by atoms with van der Waals surface area (Å²) in [6.07, 6.45) is 1.73. The van der Waals surface area contributed by atoms with E-state index in [4.69, 9.17) is 27.8 Å². The minimum Gasteiger partial charge on any atom is -0.377 e. The van der Waals surface area contributed by atoms with Gasteiger partial charge in [0.25, 0.3) is 0 Å². The molecule has 0 aromatic heterocycles. The van der Waals surface area contributed by atoms with E-state index in [1.165, 1.54) is 0 Å². The maximum atomic E-state index is 12.8. The molecule has 0 aromatic rings. The van der Waals surface area contributed by atoms with Gasteiger partial charge in [-0.1, -0.05) is 36.5 Å². The standard InChI is InChI=1S/C21H39O7P/c1-19(2)16-23-10-7-13-26-29(22,27-14-8-11-24-17-20(3)4)28-15-9-12-25-18-21(5)6/h1,3,5,7-18H2,2,4,6H3. The number of rotatable bonds is 21. The third-order valence-electron chi connectivity index (χ3n) is 3.09. The van der Waals surface area contributed by atoms with Crippen LogP contribution in [0.2, 0.25) is 0 Å². The monoisotopic (exact) mass is 434 g/mol. The van der Waals surface area contributed by atoms with E-state index in [9.17, 15) is 4.57 Å². The van der Waals surface area contributed by atoms with Crippen LogP contribution in [-0.2, 0) is 32.3 Å². The van der Waals surface area contributed by atoms with E-state index in [1.807, 2.05) is 20.8 Å². The first-order chi connectivity index (χ1) is 13.7. The van der Waals surface area contributed by atoms with Gasteiger partial charge in [0.15, 0.2) is 0 Å². The summed E-state index contributed by atoms with van der Waals surface area (Å²) in [6.45, 7) is 20.6. The van der Waals surface area contributed by atoms with Crippen LogP contribution in [0, 0.1) is 0 Å². The zero-order chi connectivity index (χ0) is 22.0. The van der Waals surface area contributed by atoms with E-state index >= 15 is 0 Å². The van der Waals surface area contributed by atoms with Gasteiger partial charge in [0.1, 0.15) is 0 Å². The van der Waals surface area contributed by atoms with Gasteiger partial charge in [0.2, 0.25) is 0 Å². The Balaban J connectivity index is 4.19. The lowest BCUT2D eigenvalue weighted by Crippen LogP contribution is -2.09.